The number of ether oxygens (including phenoxy) is 2. The maximum Gasteiger partial charge on any atom is 0.349 e. The molecule has 0 bridgehead atoms. The van der Waals surface area contributed by atoms with E-state index in [0.29, 0.717) is 22.9 Å². The average molecular weight is 248 g/mol. The van der Waals surface area contributed by atoms with Crippen LogP contribution in [0.4, 0.5) is 5.95 Å². The quantitative estimate of drug-likeness (QED) is 0.816. The summed E-state index contributed by atoms with van der Waals surface area (Å²) in [6, 6.07) is 5.13. The van der Waals surface area contributed by atoms with Crippen molar-refractivity contribution in [3.05, 3.63) is 28.7 Å². The number of methoxy groups -OCH3 is 2. The van der Waals surface area contributed by atoms with Crippen LogP contribution in [0.25, 0.3) is 11.4 Å². The Morgan fingerprint density at radius 3 is 2.61 bits per heavy atom. The molecule has 0 aliphatic carbocycles. The minimum atomic E-state index is -0.560. The summed E-state index contributed by atoms with van der Waals surface area (Å²) in [5.74, 6) is 1.36. The molecule has 0 unspecified atom stereocenters. The smallest absolute Gasteiger partial charge is 0.349 e. The minimum absolute atomic E-state index is 0.0911. The molecule has 7 nitrogen and oxygen atoms in total. The van der Waals surface area contributed by atoms with Crippen molar-refractivity contribution in [2.24, 2.45) is 0 Å². The van der Waals surface area contributed by atoms with Crippen LogP contribution in [0.5, 0.6) is 11.5 Å². The van der Waals surface area contributed by atoms with Crippen LogP contribution in [0.1, 0.15) is 0 Å². The van der Waals surface area contributed by atoms with E-state index < -0.39 is 5.69 Å². The molecular weight excluding hydrogens is 236 g/mol. The van der Waals surface area contributed by atoms with E-state index >= 15 is 0 Å². The maximum absolute atomic E-state index is 11.3. The van der Waals surface area contributed by atoms with E-state index in [1.807, 2.05) is 0 Å². The topological polar surface area (TPSA) is 103 Å². The fourth-order valence-electron chi connectivity index (χ4n) is 1.52. The van der Waals surface area contributed by atoms with Crippen molar-refractivity contribution in [1.82, 2.24) is 15.0 Å². The summed E-state index contributed by atoms with van der Waals surface area (Å²) in [4.78, 5) is 21.2. The number of nitrogen functional groups attached to an aromatic ring is 1. The van der Waals surface area contributed by atoms with E-state index in [9.17, 15) is 4.79 Å². The highest BCUT2D eigenvalue weighted by Gasteiger charge is 2.10. The Kier molecular flexibility index (Phi) is 3.13. The summed E-state index contributed by atoms with van der Waals surface area (Å²) in [5, 5.41) is 0. The summed E-state index contributed by atoms with van der Waals surface area (Å²) in [7, 11) is 3.07. The number of aromatic nitrogens is 3. The normalized spacial score (nSPS) is 10.1. The van der Waals surface area contributed by atoms with Gasteiger partial charge >= 0.3 is 5.69 Å². The predicted molar refractivity (Wildman–Crippen MR) is 65.6 cm³/mol. The molecule has 1 aromatic heterocycles. The molecule has 18 heavy (non-hydrogen) atoms. The van der Waals surface area contributed by atoms with Crippen LogP contribution < -0.4 is 20.9 Å². The second-order valence-corrected chi connectivity index (χ2v) is 3.43. The van der Waals surface area contributed by atoms with Crippen molar-refractivity contribution in [2.75, 3.05) is 20.0 Å². The van der Waals surface area contributed by atoms with Gasteiger partial charge in [0.1, 0.15) is 17.3 Å². The molecular formula is C11H12N4O3. The third-order valence-corrected chi connectivity index (χ3v) is 2.33. The number of H-pyrrole nitrogens is 1. The lowest BCUT2D eigenvalue weighted by atomic mass is 10.2. The van der Waals surface area contributed by atoms with Crippen molar-refractivity contribution in [1.29, 1.82) is 0 Å². The lowest BCUT2D eigenvalue weighted by Crippen LogP contribution is -2.15. The van der Waals surface area contributed by atoms with Gasteiger partial charge in [-0.05, 0) is 12.1 Å². The van der Waals surface area contributed by atoms with Gasteiger partial charge in [-0.15, -0.1) is 0 Å². The molecule has 0 radical (unpaired) electrons. The zero-order valence-corrected chi connectivity index (χ0v) is 9.93. The van der Waals surface area contributed by atoms with Crippen molar-refractivity contribution in [3.8, 4) is 22.9 Å². The molecule has 0 fully saturated rings. The van der Waals surface area contributed by atoms with Gasteiger partial charge in [-0.1, -0.05) is 0 Å². The summed E-state index contributed by atoms with van der Waals surface area (Å²) in [6.45, 7) is 0. The Morgan fingerprint density at radius 2 is 2.00 bits per heavy atom. The Hall–Kier alpha value is -2.57. The summed E-state index contributed by atoms with van der Waals surface area (Å²) in [6.07, 6.45) is 0. The van der Waals surface area contributed by atoms with Gasteiger partial charge in [0, 0.05) is 6.07 Å². The summed E-state index contributed by atoms with van der Waals surface area (Å²) < 4.78 is 10.3. The number of rotatable bonds is 3. The van der Waals surface area contributed by atoms with Crippen LogP contribution in [0.3, 0.4) is 0 Å². The molecule has 0 saturated heterocycles. The largest absolute Gasteiger partial charge is 0.497 e. The maximum atomic E-state index is 11.3. The van der Waals surface area contributed by atoms with E-state index in [-0.39, 0.29) is 5.95 Å². The highest BCUT2D eigenvalue weighted by atomic mass is 16.5. The number of nitrogens with two attached hydrogens (primary N) is 1. The molecule has 1 aromatic carbocycles. The molecule has 0 aliphatic heterocycles. The van der Waals surface area contributed by atoms with Gasteiger partial charge < -0.3 is 15.2 Å². The van der Waals surface area contributed by atoms with Crippen LogP contribution in [0, 0.1) is 0 Å². The Bertz CT molecular complexity index is 624. The Balaban J connectivity index is 2.59. The van der Waals surface area contributed by atoms with Crippen molar-refractivity contribution >= 4 is 5.95 Å². The van der Waals surface area contributed by atoms with E-state index in [1.54, 1.807) is 25.3 Å². The van der Waals surface area contributed by atoms with Gasteiger partial charge in [0.15, 0.2) is 0 Å². The number of hydrogen-bond donors (Lipinski definition) is 2. The number of nitrogens with one attached hydrogen (secondary N) is 1. The fraction of sp³-hybridized carbons (Fsp3) is 0.182. The van der Waals surface area contributed by atoms with E-state index in [0.717, 1.165) is 0 Å². The monoisotopic (exact) mass is 248 g/mol. The van der Waals surface area contributed by atoms with Crippen LogP contribution in [-0.2, 0) is 0 Å². The minimum Gasteiger partial charge on any atom is -0.497 e. The highest BCUT2D eigenvalue weighted by molar-refractivity contribution is 5.66. The molecule has 2 rings (SSSR count). The first-order chi connectivity index (χ1) is 8.63. The van der Waals surface area contributed by atoms with E-state index in [1.165, 1.54) is 7.11 Å². The average Bonchev–Trinajstić information content (AvgIpc) is 2.36. The van der Waals surface area contributed by atoms with Crippen molar-refractivity contribution in [2.45, 2.75) is 0 Å². The number of nitrogens with zero attached hydrogens (tertiary/aromatic N) is 2. The zero-order valence-electron chi connectivity index (χ0n) is 9.93. The zero-order chi connectivity index (χ0) is 13.1. The molecule has 94 valence electrons. The Labute approximate surface area is 103 Å². The van der Waals surface area contributed by atoms with Crippen molar-refractivity contribution < 1.29 is 9.47 Å². The lowest BCUT2D eigenvalue weighted by Gasteiger charge is -2.09. The van der Waals surface area contributed by atoms with Gasteiger partial charge in [0.2, 0.25) is 5.95 Å². The van der Waals surface area contributed by atoms with E-state index in [4.69, 9.17) is 15.2 Å². The van der Waals surface area contributed by atoms with Crippen LogP contribution in [0.2, 0.25) is 0 Å². The standard InChI is InChI=1S/C11H12N4O3/c1-17-6-3-4-7(8(5-6)18-2)9-13-10(12)15-11(16)14-9/h3-5H,1-2H3,(H3,12,13,14,15,16). The SMILES string of the molecule is COc1ccc(-c2nc(N)nc(=O)[nH]2)c(OC)c1. The molecule has 0 aliphatic rings. The molecule has 1 heterocycles. The second-order valence-electron chi connectivity index (χ2n) is 3.43. The summed E-state index contributed by atoms with van der Waals surface area (Å²) >= 11 is 0. The molecule has 2 aromatic rings. The third kappa shape index (κ3) is 2.24. The van der Waals surface area contributed by atoms with Crippen LogP contribution in [0.15, 0.2) is 23.0 Å². The lowest BCUT2D eigenvalue weighted by molar-refractivity contribution is 0.395. The Morgan fingerprint density at radius 1 is 1.22 bits per heavy atom. The molecule has 0 saturated carbocycles. The van der Waals surface area contributed by atoms with Gasteiger partial charge in [0.05, 0.1) is 19.8 Å². The van der Waals surface area contributed by atoms with E-state index in [2.05, 4.69) is 15.0 Å². The molecule has 7 heteroatoms. The molecule has 0 spiro atoms. The molecule has 0 atom stereocenters. The molecule has 3 N–H and O–H groups in total. The number of benzene rings is 1. The number of anilines is 1. The van der Waals surface area contributed by atoms with Crippen LogP contribution in [-0.4, -0.2) is 29.2 Å². The van der Waals surface area contributed by atoms with Crippen LogP contribution >= 0.6 is 0 Å². The van der Waals surface area contributed by atoms with Gasteiger partial charge in [-0.3, -0.25) is 4.98 Å². The predicted octanol–water partition coefficient (Wildman–Crippen LogP) is 0.431. The third-order valence-electron chi connectivity index (χ3n) is 2.33. The first-order valence-corrected chi connectivity index (χ1v) is 5.10. The first kappa shape index (κ1) is 11.9. The highest BCUT2D eigenvalue weighted by Crippen LogP contribution is 2.30. The number of aromatic amines is 1. The van der Waals surface area contributed by atoms with Crippen molar-refractivity contribution in [3.63, 3.8) is 0 Å². The van der Waals surface area contributed by atoms with Gasteiger partial charge in [-0.2, -0.15) is 9.97 Å². The van der Waals surface area contributed by atoms with Gasteiger partial charge in [0.25, 0.3) is 0 Å². The number of hydrogen-bond acceptors (Lipinski definition) is 6. The summed E-state index contributed by atoms with van der Waals surface area (Å²) in [5.41, 5.74) is 5.48. The van der Waals surface area contributed by atoms with Gasteiger partial charge in [-0.25, -0.2) is 4.79 Å². The first-order valence-electron chi connectivity index (χ1n) is 5.10. The molecule has 0 amide bonds. The second kappa shape index (κ2) is 4.74. The fourth-order valence-corrected chi connectivity index (χ4v) is 1.52.